The molecule has 0 spiro atoms. The van der Waals surface area contributed by atoms with Crippen LogP contribution in [-0.2, 0) is 6.54 Å². The van der Waals surface area contributed by atoms with Crippen LogP contribution in [0.3, 0.4) is 0 Å². The Bertz CT molecular complexity index is 733. The highest BCUT2D eigenvalue weighted by molar-refractivity contribution is 6.28. The molecule has 0 aliphatic carbocycles. The highest BCUT2D eigenvalue weighted by atomic mass is 35.5. The summed E-state index contributed by atoms with van der Waals surface area (Å²) in [5, 5.41) is 13.6. The van der Waals surface area contributed by atoms with Crippen molar-refractivity contribution in [2.24, 2.45) is 0 Å². The van der Waals surface area contributed by atoms with Crippen LogP contribution < -0.4 is 10.1 Å². The monoisotopic (exact) mass is 376 g/mol. The third kappa shape index (κ3) is 5.47. The molecular formula is C19H25ClN4O2. The van der Waals surface area contributed by atoms with Gasteiger partial charge in [-0.25, -0.2) is 9.97 Å². The summed E-state index contributed by atoms with van der Waals surface area (Å²) >= 11 is 5.83. The lowest BCUT2D eigenvalue weighted by molar-refractivity contribution is 0.209. The van der Waals surface area contributed by atoms with Crippen molar-refractivity contribution in [1.29, 1.82) is 0 Å². The molecule has 0 saturated carbocycles. The molecule has 2 heterocycles. The molecule has 2 N–H and O–H groups in total. The van der Waals surface area contributed by atoms with Crippen molar-refractivity contribution in [1.82, 2.24) is 14.9 Å². The molecule has 2 aromatic rings. The maximum atomic E-state index is 9.93. The number of likely N-dealkylation sites (tertiary alicyclic amines) is 1. The number of anilines is 1. The van der Waals surface area contributed by atoms with Crippen LogP contribution in [-0.4, -0.2) is 45.2 Å². The number of phenols is 1. The van der Waals surface area contributed by atoms with Gasteiger partial charge >= 0.3 is 0 Å². The molecule has 1 aliphatic heterocycles. The maximum Gasteiger partial charge on any atom is 0.224 e. The molecule has 0 unspecified atom stereocenters. The number of aromatic hydroxyl groups is 1. The predicted molar refractivity (Wildman–Crippen MR) is 103 cm³/mol. The summed E-state index contributed by atoms with van der Waals surface area (Å²) in [6.45, 7) is 6.71. The fourth-order valence-corrected chi connectivity index (χ4v) is 3.34. The molecule has 140 valence electrons. The summed E-state index contributed by atoms with van der Waals surface area (Å²) in [6.07, 6.45) is 3.79. The zero-order chi connectivity index (χ0) is 18.5. The Hall–Kier alpha value is -2.05. The molecule has 0 atom stereocenters. The van der Waals surface area contributed by atoms with Gasteiger partial charge in [0.1, 0.15) is 17.3 Å². The highest BCUT2D eigenvalue weighted by Gasteiger charge is 2.20. The number of nitrogens with zero attached hydrogens (tertiary/aromatic N) is 3. The molecular weight excluding hydrogens is 352 g/mol. The van der Waals surface area contributed by atoms with Crippen LogP contribution in [0.15, 0.2) is 30.5 Å². The predicted octanol–water partition coefficient (Wildman–Crippen LogP) is 3.70. The SMILES string of the molecule is CC(C)Oc1cc(O)cc(CN2CCC(Nc3ccnc(Cl)n3)CC2)c1. The van der Waals surface area contributed by atoms with Crippen molar-refractivity contribution < 1.29 is 9.84 Å². The molecule has 26 heavy (non-hydrogen) atoms. The second-order valence-electron chi connectivity index (χ2n) is 6.91. The first-order valence-electron chi connectivity index (χ1n) is 8.95. The van der Waals surface area contributed by atoms with E-state index in [0.717, 1.165) is 43.9 Å². The summed E-state index contributed by atoms with van der Waals surface area (Å²) in [5.41, 5.74) is 1.06. The van der Waals surface area contributed by atoms with Crippen LogP contribution in [0.2, 0.25) is 5.28 Å². The van der Waals surface area contributed by atoms with Gasteiger partial charge in [-0.2, -0.15) is 0 Å². The lowest BCUT2D eigenvalue weighted by atomic mass is 10.0. The Morgan fingerprint density at radius 3 is 2.77 bits per heavy atom. The zero-order valence-corrected chi connectivity index (χ0v) is 15.9. The van der Waals surface area contributed by atoms with Crippen molar-refractivity contribution in [3.8, 4) is 11.5 Å². The number of hydrogen-bond acceptors (Lipinski definition) is 6. The number of halogens is 1. The average molecular weight is 377 g/mol. The van der Waals surface area contributed by atoms with Crippen molar-refractivity contribution in [3.05, 3.63) is 41.3 Å². The Balaban J connectivity index is 1.53. The molecule has 1 aliphatic rings. The minimum Gasteiger partial charge on any atom is -0.508 e. The van der Waals surface area contributed by atoms with Gasteiger partial charge in [0.2, 0.25) is 5.28 Å². The van der Waals surface area contributed by atoms with Gasteiger partial charge in [0, 0.05) is 37.9 Å². The van der Waals surface area contributed by atoms with Crippen LogP contribution in [0.1, 0.15) is 32.3 Å². The topological polar surface area (TPSA) is 70.5 Å². The fourth-order valence-electron chi connectivity index (χ4n) is 3.19. The molecule has 6 nitrogen and oxygen atoms in total. The molecule has 3 rings (SSSR count). The van der Waals surface area contributed by atoms with Crippen molar-refractivity contribution >= 4 is 17.4 Å². The lowest BCUT2D eigenvalue weighted by Gasteiger charge is -2.32. The highest BCUT2D eigenvalue weighted by Crippen LogP contribution is 2.25. The fraction of sp³-hybridized carbons (Fsp3) is 0.474. The lowest BCUT2D eigenvalue weighted by Crippen LogP contribution is -2.38. The molecule has 1 saturated heterocycles. The number of hydrogen-bond donors (Lipinski definition) is 2. The summed E-state index contributed by atoms with van der Waals surface area (Å²) in [5.74, 6) is 1.73. The van der Waals surface area contributed by atoms with Crippen LogP contribution in [0.5, 0.6) is 11.5 Å². The minimum absolute atomic E-state index is 0.0850. The summed E-state index contributed by atoms with van der Waals surface area (Å²) in [4.78, 5) is 10.5. The van der Waals surface area contributed by atoms with Crippen LogP contribution in [0.4, 0.5) is 5.82 Å². The number of phenolic OH excluding ortho intramolecular Hbond substituents is 1. The normalized spacial score (nSPS) is 16.0. The number of rotatable bonds is 6. The third-order valence-electron chi connectivity index (χ3n) is 4.29. The van der Waals surface area contributed by atoms with Crippen LogP contribution in [0, 0.1) is 0 Å². The largest absolute Gasteiger partial charge is 0.508 e. The van der Waals surface area contributed by atoms with Gasteiger partial charge in [-0.1, -0.05) is 0 Å². The van der Waals surface area contributed by atoms with Gasteiger partial charge in [0.15, 0.2) is 0 Å². The number of piperidine rings is 1. The van der Waals surface area contributed by atoms with E-state index in [-0.39, 0.29) is 17.1 Å². The summed E-state index contributed by atoms with van der Waals surface area (Å²) in [6, 6.07) is 7.68. The summed E-state index contributed by atoms with van der Waals surface area (Å²) in [7, 11) is 0. The van der Waals surface area contributed by atoms with Gasteiger partial charge in [0.05, 0.1) is 6.10 Å². The van der Waals surface area contributed by atoms with Crippen LogP contribution >= 0.6 is 11.6 Å². The molecule has 1 aromatic carbocycles. The first-order valence-corrected chi connectivity index (χ1v) is 9.33. The molecule has 0 radical (unpaired) electrons. The third-order valence-corrected chi connectivity index (χ3v) is 4.48. The zero-order valence-electron chi connectivity index (χ0n) is 15.2. The number of benzene rings is 1. The first kappa shape index (κ1) is 18.7. The Labute approximate surface area is 159 Å². The number of ether oxygens (including phenoxy) is 1. The van der Waals surface area contributed by atoms with Crippen LogP contribution in [0.25, 0.3) is 0 Å². The molecule has 7 heteroatoms. The second-order valence-corrected chi connectivity index (χ2v) is 7.25. The van der Waals surface area contributed by atoms with E-state index in [0.29, 0.717) is 11.8 Å². The Morgan fingerprint density at radius 2 is 2.08 bits per heavy atom. The Kier molecular flexibility index (Phi) is 6.16. The van der Waals surface area contributed by atoms with Crippen molar-refractivity contribution in [2.45, 2.75) is 45.4 Å². The van der Waals surface area contributed by atoms with E-state index < -0.39 is 0 Å². The Morgan fingerprint density at radius 1 is 1.31 bits per heavy atom. The molecule has 0 amide bonds. The second kappa shape index (κ2) is 8.56. The maximum absolute atomic E-state index is 9.93. The van der Waals surface area contributed by atoms with E-state index >= 15 is 0 Å². The molecule has 1 fully saturated rings. The van der Waals surface area contributed by atoms with E-state index in [1.54, 1.807) is 18.3 Å². The van der Waals surface area contributed by atoms with E-state index in [9.17, 15) is 5.11 Å². The first-order chi connectivity index (χ1) is 12.5. The molecule has 0 bridgehead atoms. The van der Waals surface area contributed by atoms with Crippen molar-refractivity contribution in [3.63, 3.8) is 0 Å². The quantitative estimate of drug-likeness (QED) is 0.749. The van der Waals surface area contributed by atoms with Gasteiger partial charge in [0.25, 0.3) is 0 Å². The average Bonchev–Trinajstić information content (AvgIpc) is 2.55. The van der Waals surface area contributed by atoms with E-state index in [2.05, 4.69) is 20.2 Å². The van der Waals surface area contributed by atoms with Gasteiger partial charge in [-0.05, 0) is 62.1 Å². The van der Waals surface area contributed by atoms with Gasteiger partial charge < -0.3 is 15.2 Å². The molecule has 1 aromatic heterocycles. The summed E-state index contributed by atoms with van der Waals surface area (Å²) < 4.78 is 5.71. The standard InChI is InChI=1S/C19H25ClN4O2/c1-13(2)26-17-10-14(9-16(25)11-17)12-24-7-4-15(5-8-24)22-18-3-6-21-19(20)23-18/h3,6,9-11,13,15,25H,4-5,7-8,12H2,1-2H3,(H,21,22,23). The smallest absolute Gasteiger partial charge is 0.224 e. The van der Waals surface area contributed by atoms with E-state index in [4.69, 9.17) is 16.3 Å². The van der Waals surface area contributed by atoms with Gasteiger partial charge in [-0.15, -0.1) is 0 Å². The van der Waals surface area contributed by atoms with E-state index in [1.807, 2.05) is 26.0 Å². The number of nitrogens with one attached hydrogen (secondary N) is 1. The number of aromatic nitrogens is 2. The van der Waals surface area contributed by atoms with Crippen molar-refractivity contribution in [2.75, 3.05) is 18.4 Å². The van der Waals surface area contributed by atoms with Gasteiger partial charge in [-0.3, -0.25) is 4.90 Å². The minimum atomic E-state index is 0.0850. The van der Waals surface area contributed by atoms with E-state index in [1.165, 1.54) is 0 Å².